The van der Waals surface area contributed by atoms with Crippen LogP contribution in [-0.2, 0) is 6.42 Å². The third kappa shape index (κ3) is 4.85. The summed E-state index contributed by atoms with van der Waals surface area (Å²) < 4.78 is 44.3. The Morgan fingerprint density at radius 3 is 2.28 bits per heavy atom. The van der Waals surface area contributed by atoms with Gasteiger partial charge >= 0.3 is 0 Å². The topological polar surface area (TPSA) is 17.1 Å². The van der Waals surface area contributed by atoms with Gasteiger partial charge in [-0.15, -0.1) is 22.7 Å². The minimum Gasteiger partial charge on any atom is -0.298 e. The van der Waals surface area contributed by atoms with Crippen molar-refractivity contribution in [3.8, 4) is 11.8 Å². The van der Waals surface area contributed by atoms with Gasteiger partial charge in [0.15, 0.2) is 6.29 Å². The molecule has 0 bridgehead atoms. The molecule has 160 valence electrons. The normalized spacial score (nSPS) is 11.1. The van der Waals surface area contributed by atoms with Crippen LogP contribution in [0.5, 0.6) is 0 Å². The summed E-state index contributed by atoms with van der Waals surface area (Å²) >= 11 is 2.99. The zero-order chi connectivity index (χ0) is 22.7. The molecule has 0 N–H and O–H groups in total. The van der Waals surface area contributed by atoms with Gasteiger partial charge in [-0.1, -0.05) is 25.2 Å². The minimum atomic E-state index is -0.594. The van der Waals surface area contributed by atoms with Crippen molar-refractivity contribution in [1.29, 1.82) is 0 Å². The van der Waals surface area contributed by atoms with Crippen LogP contribution in [0.3, 0.4) is 0 Å². The number of halogens is 3. The quantitative estimate of drug-likeness (QED) is 0.217. The van der Waals surface area contributed by atoms with Gasteiger partial charge in [-0.3, -0.25) is 4.79 Å². The van der Waals surface area contributed by atoms with E-state index in [9.17, 15) is 18.0 Å². The molecule has 0 unspecified atom stereocenters. The molecule has 0 amide bonds. The molecule has 0 saturated heterocycles. The maximum absolute atomic E-state index is 14.3. The molecule has 6 heteroatoms. The molecule has 2 aromatic heterocycles. The summed E-state index contributed by atoms with van der Waals surface area (Å²) in [5, 5.41) is 0. The molecule has 0 fully saturated rings. The Kier molecular flexibility index (Phi) is 6.59. The van der Waals surface area contributed by atoms with Crippen LogP contribution in [0.4, 0.5) is 13.2 Å². The molecule has 0 saturated carbocycles. The fourth-order valence-electron chi connectivity index (χ4n) is 3.23. The number of thiophene rings is 2. The summed E-state index contributed by atoms with van der Waals surface area (Å²) in [6, 6.07) is 10.9. The Hall–Kier alpha value is -3.14. The average molecular weight is 467 g/mol. The van der Waals surface area contributed by atoms with Crippen molar-refractivity contribution in [3.05, 3.63) is 91.9 Å². The van der Waals surface area contributed by atoms with Crippen LogP contribution in [0, 0.1) is 29.3 Å². The van der Waals surface area contributed by atoms with Gasteiger partial charge in [0, 0.05) is 25.4 Å². The van der Waals surface area contributed by atoms with E-state index in [1.165, 1.54) is 53.0 Å². The maximum Gasteiger partial charge on any atom is 0.152 e. The van der Waals surface area contributed by atoms with E-state index in [0.717, 1.165) is 25.6 Å². The van der Waals surface area contributed by atoms with E-state index in [-0.39, 0.29) is 11.1 Å². The molecule has 32 heavy (non-hydrogen) atoms. The highest BCUT2D eigenvalue weighted by molar-refractivity contribution is 7.28. The van der Waals surface area contributed by atoms with Crippen LogP contribution >= 0.6 is 22.7 Å². The van der Waals surface area contributed by atoms with E-state index in [4.69, 9.17) is 0 Å². The number of fused-ring (bicyclic) bond motifs is 1. The van der Waals surface area contributed by atoms with Crippen molar-refractivity contribution < 1.29 is 18.0 Å². The van der Waals surface area contributed by atoms with Crippen molar-refractivity contribution in [2.24, 2.45) is 0 Å². The highest BCUT2D eigenvalue weighted by Gasteiger charge is 2.09. The van der Waals surface area contributed by atoms with E-state index in [1.54, 1.807) is 12.1 Å². The average Bonchev–Trinajstić information content (AvgIpc) is 3.30. The van der Waals surface area contributed by atoms with Gasteiger partial charge in [0.25, 0.3) is 0 Å². The molecule has 4 rings (SSSR count). The SMILES string of the molecule is CCCc1cc(F)c(/C=C/c2cc3sc(C#Cc4ccc(C=O)c(F)c4)cc3s2)c(F)c1. The highest BCUT2D eigenvalue weighted by Crippen LogP contribution is 2.34. The lowest BCUT2D eigenvalue weighted by atomic mass is 10.1. The van der Waals surface area contributed by atoms with E-state index >= 15 is 0 Å². The molecule has 0 aliphatic rings. The number of rotatable bonds is 5. The van der Waals surface area contributed by atoms with Gasteiger partial charge in [-0.05, 0) is 66.6 Å². The molecule has 2 heterocycles. The second-order valence-electron chi connectivity index (χ2n) is 7.15. The largest absolute Gasteiger partial charge is 0.298 e. The third-order valence-electron chi connectivity index (χ3n) is 4.78. The molecule has 0 spiro atoms. The fraction of sp³-hybridized carbons (Fsp3) is 0.115. The van der Waals surface area contributed by atoms with Gasteiger partial charge in [0.05, 0.1) is 10.4 Å². The minimum absolute atomic E-state index is 0.00411. The van der Waals surface area contributed by atoms with E-state index in [1.807, 2.05) is 19.1 Å². The third-order valence-corrected chi connectivity index (χ3v) is 6.95. The first-order valence-electron chi connectivity index (χ1n) is 9.93. The second-order valence-corrected chi connectivity index (χ2v) is 9.35. The number of hydrogen-bond donors (Lipinski definition) is 0. The first-order valence-corrected chi connectivity index (χ1v) is 11.6. The first kappa shape index (κ1) is 22.1. The Labute approximate surface area is 191 Å². The first-order chi connectivity index (χ1) is 15.5. The molecular formula is C26H17F3OS2. The maximum atomic E-state index is 14.3. The summed E-state index contributed by atoms with van der Waals surface area (Å²) in [5.74, 6) is 4.21. The van der Waals surface area contributed by atoms with Crippen molar-refractivity contribution >= 4 is 50.5 Å². The van der Waals surface area contributed by atoms with Crippen LogP contribution in [0.1, 0.15) is 50.1 Å². The Bertz CT molecular complexity index is 1350. The molecule has 0 radical (unpaired) electrons. The molecular weight excluding hydrogens is 449 g/mol. The Balaban J connectivity index is 1.53. The molecule has 1 nitrogen and oxygen atoms in total. The zero-order valence-corrected chi connectivity index (χ0v) is 18.7. The fourth-order valence-corrected chi connectivity index (χ4v) is 5.39. The summed E-state index contributed by atoms with van der Waals surface area (Å²) in [7, 11) is 0. The summed E-state index contributed by atoms with van der Waals surface area (Å²) in [6.45, 7) is 1.97. The van der Waals surface area contributed by atoms with E-state index in [0.29, 0.717) is 23.8 Å². The molecule has 4 aromatic rings. The molecule has 0 aliphatic carbocycles. The van der Waals surface area contributed by atoms with Crippen molar-refractivity contribution in [2.75, 3.05) is 0 Å². The lowest BCUT2D eigenvalue weighted by Gasteiger charge is -2.04. The number of carbonyl (C=O) groups excluding carboxylic acids is 1. The van der Waals surface area contributed by atoms with Gasteiger partial charge in [-0.25, -0.2) is 13.2 Å². The van der Waals surface area contributed by atoms with E-state index in [2.05, 4.69) is 11.8 Å². The number of carbonyl (C=O) groups is 1. The lowest BCUT2D eigenvalue weighted by molar-refractivity contribution is 0.112. The van der Waals surface area contributed by atoms with Gasteiger partial charge < -0.3 is 0 Å². The summed E-state index contributed by atoms with van der Waals surface area (Å²) in [4.78, 5) is 12.4. The number of aldehydes is 1. The number of benzene rings is 2. The molecule has 2 aromatic carbocycles. The Morgan fingerprint density at radius 2 is 1.62 bits per heavy atom. The van der Waals surface area contributed by atoms with Crippen molar-refractivity contribution in [3.63, 3.8) is 0 Å². The van der Waals surface area contributed by atoms with Crippen LogP contribution in [-0.4, -0.2) is 6.29 Å². The van der Waals surface area contributed by atoms with Crippen LogP contribution in [0.25, 0.3) is 21.6 Å². The second kappa shape index (κ2) is 9.56. The number of hydrogen-bond acceptors (Lipinski definition) is 3. The smallest absolute Gasteiger partial charge is 0.152 e. The zero-order valence-electron chi connectivity index (χ0n) is 17.0. The summed E-state index contributed by atoms with van der Waals surface area (Å²) in [5.41, 5.74) is 1.11. The lowest BCUT2D eigenvalue weighted by Crippen LogP contribution is -1.93. The van der Waals surface area contributed by atoms with Crippen molar-refractivity contribution in [1.82, 2.24) is 0 Å². The van der Waals surface area contributed by atoms with Gasteiger partial charge in [-0.2, -0.15) is 0 Å². The van der Waals surface area contributed by atoms with Crippen LogP contribution in [0.15, 0.2) is 42.5 Å². The van der Waals surface area contributed by atoms with Gasteiger partial charge in [0.1, 0.15) is 17.5 Å². The predicted octanol–water partition coefficient (Wildman–Crippen LogP) is 7.72. The van der Waals surface area contributed by atoms with Crippen LogP contribution < -0.4 is 0 Å². The van der Waals surface area contributed by atoms with Gasteiger partial charge in [0.2, 0.25) is 0 Å². The van der Waals surface area contributed by atoms with E-state index < -0.39 is 17.5 Å². The summed E-state index contributed by atoms with van der Waals surface area (Å²) in [6.07, 6.45) is 5.12. The highest BCUT2D eigenvalue weighted by atomic mass is 32.1. The Morgan fingerprint density at radius 1 is 0.875 bits per heavy atom. The molecule has 0 atom stereocenters. The standard InChI is InChI=1S/C26H17F3OS2/c1-2-3-17-11-23(28)21(24(29)12-17)9-8-20-14-26-25(32-20)13-19(31-26)7-5-16-4-6-18(15-30)22(27)10-16/h4,6,8-15H,2-3H2,1H3/b9-8+. The number of aryl methyl sites for hydroxylation is 1. The predicted molar refractivity (Wildman–Crippen MR) is 127 cm³/mol. The van der Waals surface area contributed by atoms with Crippen LogP contribution in [0.2, 0.25) is 0 Å². The monoisotopic (exact) mass is 466 g/mol. The molecule has 0 aliphatic heterocycles. The van der Waals surface area contributed by atoms with Crippen molar-refractivity contribution in [2.45, 2.75) is 19.8 Å².